The Hall–Kier alpha value is -2.29. The van der Waals surface area contributed by atoms with Crippen LogP contribution >= 0.6 is 0 Å². The molecule has 0 fully saturated rings. The van der Waals surface area contributed by atoms with Crippen LogP contribution in [0.25, 0.3) is 0 Å². The lowest BCUT2D eigenvalue weighted by molar-refractivity contribution is -0.133. The Morgan fingerprint density at radius 1 is 1.17 bits per heavy atom. The van der Waals surface area contributed by atoms with Gasteiger partial charge in [0.2, 0.25) is 5.91 Å². The molecule has 0 bridgehead atoms. The third-order valence-corrected chi connectivity index (χ3v) is 4.98. The van der Waals surface area contributed by atoms with Crippen LogP contribution in [0, 0.1) is 0 Å². The maximum absolute atomic E-state index is 12.5. The highest BCUT2D eigenvalue weighted by Gasteiger charge is 2.26. The highest BCUT2D eigenvalue weighted by atomic mass is 16.2. The van der Waals surface area contributed by atoms with Gasteiger partial charge in [-0.25, -0.2) is 0 Å². The van der Waals surface area contributed by atoms with Gasteiger partial charge < -0.3 is 10.6 Å². The van der Waals surface area contributed by atoms with Crippen molar-refractivity contribution in [1.82, 2.24) is 4.90 Å². The Morgan fingerprint density at radius 3 is 2.71 bits per heavy atom. The topological polar surface area (TPSA) is 46.3 Å². The summed E-state index contributed by atoms with van der Waals surface area (Å²) < 4.78 is 0. The van der Waals surface area contributed by atoms with Gasteiger partial charge in [0.05, 0.1) is 0 Å². The van der Waals surface area contributed by atoms with Gasteiger partial charge in [-0.05, 0) is 54.5 Å². The van der Waals surface area contributed by atoms with Crippen LogP contribution in [-0.2, 0) is 24.1 Å². The summed E-state index contributed by atoms with van der Waals surface area (Å²) in [5.74, 6) is 0.259. The minimum atomic E-state index is 0.259. The van der Waals surface area contributed by atoms with Crippen LogP contribution < -0.4 is 5.73 Å². The molecule has 1 amide bonds. The van der Waals surface area contributed by atoms with E-state index >= 15 is 0 Å². The van der Waals surface area contributed by atoms with Crippen LogP contribution in [0.5, 0.6) is 0 Å². The van der Waals surface area contributed by atoms with Crippen LogP contribution in [0.1, 0.15) is 36.5 Å². The van der Waals surface area contributed by atoms with Crippen molar-refractivity contribution in [2.75, 3.05) is 12.3 Å². The molecule has 0 radical (unpaired) electrons. The zero-order valence-electron chi connectivity index (χ0n) is 14.4. The largest absolute Gasteiger partial charge is 0.399 e. The molecule has 0 heterocycles. The molecule has 24 heavy (non-hydrogen) atoms. The van der Waals surface area contributed by atoms with E-state index in [1.807, 2.05) is 19.1 Å². The number of amides is 1. The lowest BCUT2D eigenvalue weighted by Crippen LogP contribution is -2.44. The van der Waals surface area contributed by atoms with E-state index in [9.17, 15) is 4.79 Å². The van der Waals surface area contributed by atoms with Gasteiger partial charge in [-0.1, -0.05) is 43.3 Å². The lowest BCUT2D eigenvalue weighted by Gasteiger charge is -2.35. The quantitative estimate of drug-likeness (QED) is 0.855. The molecule has 0 saturated heterocycles. The molecule has 0 spiro atoms. The Labute approximate surface area is 144 Å². The fraction of sp³-hybridized carbons (Fsp3) is 0.381. The first-order chi connectivity index (χ1) is 11.7. The zero-order chi connectivity index (χ0) is 16.9. The first kappa shape index (κ1) is 16.6. The first-order valence-corrected chi connectivity index (χ1v) is 8.88. The third-order valence-electron chi connectivity index (χ3n) is 4.98. The van der Waals surface area contributed by atoms with Crippen LogP contribution in [-0.4, -0.2) is 23.4 Å². The molecule has 2 N–H and O–H groups in total. The number of aryl methyl sites for hydroxylation is 1. The third kappa shape index (κ3) is 3.78. The van der Waals surface area contributed by atoms with Crippen molar-refractivity contribution in [3.63, 3.8) is 0 Å². The average Bonchev–Trinajstić information content (AvgIpc) is 2.62. The van der Waals surface area contributed by atoms with E-state index in [4.69, 9.17) is 5.73 Å². The van der Waals surface area contributed by atoms with Gasteiger partial charge >= 0.3 is 0 Å². The predicted molar refractivity (Wildman–Crippen MR) is 98.8 cm³/mol. The highest BCUT2D eigenvalue weighted by molar-refractivity contribution is 5.76. The van der Waals surface area contributed by atoms with E-state index in [1.165, 1.54) is 16.7 Å². The first-order valence-electron chi connectivity index (χ1n) is 8.88. The SMILES string of the molecule is CCC(=O)N(CCc1ccccc1)C1CCc2cc(N)ccc2C1. The Balaban J connectivity index is 1.72. The summed E-state index contributed by atoms with van der Waals surface area (Å²) in [4.78, 5) is 14.6. The van der Waals surface area contributed by atoms with Crippen molar-refractivity contribution >= 4 is 11.6 Å². The van der Waals surface area contributed by atoms with Gasteiger partial charge in [0, 0.05) is 24.7 Å². The summed E-state index contributed by atoms with van der Waals surface area (Å²) in [6.07, 6.45) is 4.45. The fourth-order valence-corrected chi connectivity index (χ4v) is 3.63. The second kappa shape index (κ2) is 7.52. The number of carbonyl (C=O) groups excluding carboxylic acids is 1. The summed E-state index contributed by atoms with van der Waals surface area (Å²) in [5.41, 5.74) is 10.7. The van der Waals surface area contributed by atoms with Crippen LogP contribution in [0.4, 0.5) is 5.69 Å². The van der Waals surface area contributed by atoms with Crippen molar-refractivity contribution in [2.24, 2.45) is 0 Å². The standard InChI is InChI=1S/C21H26N2O/c1-2-21(24)23(13-12-16-6-4-3-5-7-16)20-11-9-17-14-19(22)10-8-18(17)15-20/h3-8,10,14,20H,2,9,11-13,15,22H2,1H3. The van der Waals surface area contributed by atoms with Crippen LogP contribution in [0.3, 0.4) is 0 Å². The van der Waals surface area contributed by atoms with Crippen LogP contribution in [0.2, 0.25) is 0 Å². The van der Waals surface area contributed by atoms with Crippen molar-refractivity contribution < 1.29 is 4.79 Å². The summed E-state index contributed by atoms with van der Waals surface area (Å²) in [6, 6.07) is 16.9. The van der Waals surface area contributed by atoms with E-state index in [0.29, 0.717) is 12.5 Å². The van der Waals surface area contributed by atoms with Gasteiger partial charge in [-0.15, -0.1) is 0 Å². The summed E-state index contributed by atoms with van der Waals surface area (Å²) in [6.45, 7) is 2.75. The molecule has 2 aromatic carbocycles. The molecule has 126 valence electrons. The molecule has 3 heteroatoms. The molecule has 0 aromatic heterocycles. The Kier molecular flexibility index (Phi) is 5.19. The van der Waals surface area contributed by atoms with E-state index in [0.717, 1.165) is 37.9 Å². The minimum absolute atomic E-state index is 0.259. The number of fused-ring (bicyclic) bond motifs is 1. The number of hydrogen-bond acceptors (Lipinski definition) is 2. The van der Waals surface area contributed by atoms with Gasteiger partial charge in [-0.2, -0.15) is 0 Å². The number of rotatable bonds is 5. The fourth-order valence-electron chi connectivity index (χ4n) is 3.63. The van der Waals surface area contributed by atoms with E-state index in [1.54, 1.807) is 0 Å². The molecular formula is C21H26N2O. The normalized spacial score (nSPS) is 16.5. The summed E-state index contributed by atoms with van der Waals surface area (Å²) >= 11 is 0. The molecule has 0 saturated carbocycles. The Morgan fingerprint density at radius 2 is 1.96 bits per heavy atom. The van der Waals surface area contributed by atoms with Crippen molar-refractivity contribution in [3.8, 4) is 0 Å². The molecule has 2 aromatic rings. The molecule has 1 aliphatic carbocycles. The number of hydrogen-bond donors (Lipinski definition) is 1. The molecular weight excluding hydrogens is 296 g/mol. The summed E-state index contributed by atoms with van der Waals surface area (Å²) in [5, 5.41) is 0. The number of nitrogen functional groups attached to an aromatic ring is 1. The van der Waals surface area contributed by atoms with Crippen LogP contribution in [0.15, 0.2) is 48.5 Å². The second-order valence-electron chi connectivity index (χ2n) is 6.60. The zero-order valence-corrected chi connectivity index (χ0v) is 14.4. The predicted octanol–water partition coefficient (Wildman–Crippen LogP) is 3.61. The van der Waals surface area contributed by atoms with E-state index in [-0.39, 0.29) is 5.91 Å². The monoisotopic (exact) mass is 322 g/mol. The molecule has 3 rings (SSSR count). The van der Waals surface area contributed by atoms with E-state index in [2.05, 4.69) is 41.3 Å². The number of carbonyl (C=O) groups is 1. The molecule has 0 aliphatic heterocycles. The van der Waals surface area contributed by atoms with Gasteiger partial charge in [-0.3, -0.25) is 4.79 Å². The van der Waals surface area contributed by atoms with Gasteiger partial charge in [0.1, 0.15) is 0 Å². The number of nitrogens with two attached hydrogens (primary N) is 1. The van der Waals surface area contributed by atoms with Crippen molar-refractivity contribution in [3.05, 3.63) is 65.2 Å². The Bertz CT molecular complexity index is 696. The van der Waals surface area contributed by atoms with Gasteiger partial charge in [0.15, 0.2) is 0 Å². The van der Waals surface area contributed by atoms with Crippen molar-refractivity contribution in [1.29, 1.82) is 0 Å². The van der Waals surface area contributed by atoms with Gasteiger partial charge in [0.25, 0.3) is 0 Å². The number of nitrogens with zero attached hydrogens (tertiary/aromatic N) is 1. The maximum Gasteiger partial charge on any atom is 0.222 e. The number of benzene rings is 2. The average molecular weight is 322 g/mol. The molecule has 1 atom stereocenters. The molecule has 1 aliphatic rings. The minimum Gasteiger partial charge on any atom is -0.399 e. The van der Waals surface area contributed by atoms with E-state index < -0.39 is 0 Å². The highest BCUT2D eigenvalue weighted by Crippen LogP contribution is 2.27. The summed E-state index contributed by atoms with van der Waals surface area (Å²) in [7, 11) is 0. The lowest BCUT2D eigenvalue weighted by atomic mass is 9.87. The maximum atomic E-state index is 12.5. The van der Waals surface area contributed by atoms with Crippen molar-refractivity contribution in [2.45, 2.75) is 45.1 Å². The smallest absolute Gasteiger partial charge is 0.222 e. The molecule has 1 unspecified atom stereocenters. The number of anilines is 1. The second-order valence-corrected chi connectivity index (χ2v) is 6.60. The molecule has 3 nitrogen and oxygen atoms in total.